The molecule has 0 aliphatic carbocycles. The van der Waals surface area contributed by atoms with Crippen LogP contribution in [0.1, 0.15) is 5.69 Å². The number of nitrogens with one attached hydrogen (secondary N) is 2. The van der Waals surface area contributed by atoms with Crippen LogP contribution in [0, 0.1) is 0 Å². The van der Waals surface area contributed by atoms with Crippen molar-refractivity contribution in [3.05, 3.63) is 34.8 Å². The van der Waals surface area contributed by atoms with E-state index in [1.807, 2.05) is 12.3 Å². The van der Waals surface area contributed by atoms with Crippen LogP contribution in [-0.2, 0) is 11.3 Å². The number of aromatic nitrogens is 3. The van der Waals surface area contributed by atoms with Crippen molar-refractivity contribution in [2.24, 2.45) is 0 Å². The maximum atomic E-state index is 5.01. The maximum absolute atomic E-state index is 5.01. The van der Waals surface area contributed by atoms with E-state index in [-0.39, 0.29) is 0 Å². The molecule has 0 bridgehead atoms. The first kappa shape index (κ1) is 11.1. The van der Waals surface area contributed by atoms with Gasteiger partial charge in [0, 0.05) is 31.4 Å². The van der Waals surface area contributed by atoms with Gasteiger partial charge in [-0.1, -0.05) is 0 Å². The molecule has 0 aromatic carbocycles. The van der Waals surface area contributed by atoms with Gasteiger partial charge in [-0.25, -0.2) is 9.97 Å². The Bertz CT molecular complexity index is 454. The van der Waals surface area contributed by atoms with Crippen molar-refractivity contribution >= 4 is 27.6 Å². The van der Waals surface area contributed by atoms with Crippen LogP contribution in [0.25, 0.3) is 0 Å². The Morgan fingerprint density at radius 2 is 2.19 bits per heavy atom. The number of ether oxygens (including phenoxy) is 1. The van der Waals surface area contributed by atoms with Crippen LogP contribution in [-0.4, -0.2) is 22.1 Å². The van der Waals surface area contributed by atoms with E-state index in [9.17, 15) is 0 Å². The van der Waals surface area contributed by atoms with Crippen molar-refractivity contribution in [3.63, 3.8) is 0 Å². The summed E-state index contributed by atoms with van der Waals surface area (Å²) in [6, 6.07) is 1.95. The Hall–Kier alpha value is -1.40. The molecule has 6 heteroatoms. The zero-order chi connectivity index (χ0) is 11.4. The van der Waals surface area contributed by atoms with Crippen molar-refractivity contribution in [3.8, 4) is 0 Å². The molecule has 0 spiro atoms. The van der Waals surface area contributed by atoms with Crippen LogP contribution in [0.5, 0.6) is 0 Å². The van der Waals surface area contributed by atoms with Gasteiger partial charge in [0.15, 0.2) is 0 Å². The number of hydrogen-bond acceptors (Lipinski definition) is 4. The van der Waals surface area contributed by atoms with Crippen molar-refractivity contribution in [1.82, 2.24) is 15.0 Å². The first-order chi connectivity index (χ1) is 7.78. The molecule has 0 aliphatic rings. The lowest BCUT2D eigenvalue weighted by Crippen LogP contribution is -1.94. The minimum Gasteiger partial charge on any atom is -0.378 e. The second kappa shape index (κ2) is 5.09. The molecule has 2 aromatic heterocycles. The molecule has 2 aromatic rings. The number of nitrogens with zero attached hydrogens (tertiary/aromatic N) is 2. The average Bonchev–Trinajstić information content (AvgIpc) is 2.70. The van der Waals surface area contributed by atoms with Crippen LogP contribution in [0.3, 0.4) is 0 Å². The number of anilines is 2. The van der Waals surface area contributed by atoms with Gasteiger partial charge in [0.2, 0.25) is 5.95 Å². The number of rotatable bonds is 4. The fraction of sp³-hybridized carbons (Fsp3) is 0.200. The Morgan fingerprint density at radius 3 is 2.88 bits per heavy atom. The summed E-state index contributed by atoms with van der Waals surface area (Å²) in [5.41, 5.74) is 1.91. The highest BCUT2D eigenvalue weighted by molar-refractivity contribution is 9.10. The maximum Gasteiger partial charge on any atom is 0.227 e. The molecule has 0 amide bonds. The molecule has 84 valence electrons. The third-order valence-corrected chi connectivity index (χ3v) is 2.33. The molecule has 0 radical (unpaired) electrons. The highest BCUT2D eigenvalue weighted by Crippen LogP contribution is 2.15. The molecule has 5 nitrogen and oxygen atoms in total. The van der Waals surface area contributed by atoms with Crippen LogP contribution < -0.4 is 5.32 Å². The van der Waals surface area contributed by atoms with Gasteiger partial charge in [-0.05, 0) is 22.0 Å². The Labute approximate surface area is 101 Å². The molecule has 0 aliphatic heterocycles. The van der Waals surface area contributed by atoms with E-state index in [2.05, 4.69) is 36.2 Å². The lowest BCUT2D eigenvalue weighted by atomic mass is 10.4. The van der Waals surface area contributed by atoms with Gasteiger partial charge >= 0.3 is 0 Å². The molecule has 2 N–H and O–H groups in total. The minimum atomic E-state index is 0.558. The monoisotopic (exact) mass is 282 g/mol. The summed E-state index contributed by atoms with van der Waals surface area (Å²) < 4.78 is 5.86. The van der Waals surface area contributed by atoms with Gasteiger partial charge in [-0.15, -0.1) is 0 Å². The van der Waals surface area contributed by atoms with Crippen LogP contribution in [0.15, 0.2) is 29.1 Å². The fourth-order valence-corrected chi connectivity index (χ4v) is 1.46. The topological polar surface area (TPSA) is 62.8 Å². The van der Waals surface area contributed by atoms with E-state index >= 15 is 0 Å². The summed E-state index contributed by atoms with van der Waals surface area (Å²) in [4.78, 5) is 11.3. The van der Waals surface area contributed by atoms with Gasteiger partial charge in [-0.2, -0.15) is 0 Å². The van der Waals surface area contributed by atoms with Crippen molar-refractivity contribution in [2.45, 2.75) is 6.61 Å². The normalized spacial score (nSPS) is 10.4. The number of H-pyrrole nitrogens is 1. The largest absolute Gasteiger partial charge is 0.378 e. The Kier molecular flexibility index (Phi) is 3.53. The predicted octanol–water partition coefficient (Wildman–Crippen LogP) is 2.46. The molecule has 16 heavy (non-hydrogen) atoms. The van der Waals surface area contributed by atoms with Gasteiger partial charge in [-0.3, -0.25) is 0 Å². The number of hydrogen-bond donors (Lipinski definition) is 2. The Balaban J connectivity index is 2.05. The zero-order valence-corrected chi connectivity index (χ0v) is 10.3. The van der Waals surface area contributed by atoms with Crippen molar-refractivity contribution < 1.29 is 4.74 Å². The smallest absolute Gasteiger partial charge is 0.227 e. The molecule has 2 heterocycles. The van der Waals surface area contributed by atoms with Crippen molar-refractivity contribution in [1.29, 1.82) is 0 Å². The number of halogens is 1. The summed E-state index contributed by atoms with van der Waals surface area (Å²) in [5.74, 6) is 0.561. The molecule has 2 rings (SSSR count). The van der Waals surface area contributed by atoms with Gasteiger partial charge in [0.25, 0.3) is 0 Å². The van der Waals surface area contributed by atoms with E-state index in [4.69, 9.17) is 4.74 Å². The van der Waals surface area contributed by atoms with Crippen LogP contribution in [0.2, 0.25) is 0 Å². The molecule has 0 unspecified atom stereocenters. The molecule has 0 fully saturated rings. The molecular formula is C10H11BrN4O. The van der Waals surface area contributed by atoms with Crippen molar-refractivity contribution in [2.75, 3.05) is 12.4 Å². The average molecular weight is 283 g/mol. The number of methoxy groups -OCH3 is 1. The van der Waals surface area contributed by atoms with E-state index < -0.39 is 0 Å². The molecular weight excluding hydrogens is 272 g/mol. The third kappa shape index (κ3) is 2.80. The summed E-state index contributed by atoms with van der Waals surface area (Å²) in [7, 11) is 1.66. The number of aromatic amines is 1. The van der Waals surface area contributed by atoms with E-state index in [1.54, 1.807) is 19.5 Å². The van der Waals surface area contributed by atoms with Gasteiger partial charge < -0.3 is 15.0 Å². The van der Waals surface area contributed by atoms with E-state index in [1.165, 1.54) is 0 Å². The van der Waals surface area contributed by atoms with E-state index in [0.29, 0.717) is 12.6 Å². The van der Waals surface area contributed by atoms with Gasteiger partial charge in [0.1, 0.15) is 0 Å². The Morgan fingerprint density at radius 1 is 1.44 bits per heavy atom. The summed E-state index contributed by atoms with van der Waals surface area (Å²) in [5, 5.41) is 3.08. The quantitative estimate of drug-likeness (QED) is 0.904. The highest BCUT2D eigenvalue weighted by atomic mass is 79.9. The van der Waals surface area contributed by atoms with Crippen LogP contribution >= 0.6 is 15.9 Å². The minimum absolute atomic E-state index is 0.558. The lowest BCUT2D eigenvalue weighted by molar-refractivity contribution is 0.182. The van der Waals surface area contributed by atoms with E-state index in [0.717, 1.165) is 15.9 Å². The highest BCUT2D eigenvalue weighted by Gasteiger charge is 2.00. The summed E-state index contributed by atoms with van der Waals surface area (Å²) >= 11 is 3.28. The first-order valence-corrected chi connectivity index (χ1v) is 5.48. The first-order valence-electron chi connectivity index (χ1n) is 4.69. The SMILES string of the molecule is COCc1cc(Nc2ncc(Br)cn2)c[nH]1. The molecule has 0 atom stereocenters. The predicted molar refractivity (Wildman–Crippen MR) is 64.5 cm³/mol. The molecule has 0 saturated heterocycles. The fourth-order valence-electron chi connectivity index (χ4n) is 1.26. The summed E-state index contributed by atoms with van der Waals surface area (Å²) in [6.07, 6.45) is 5.23. The summed E-state index contributed by atoms with van der Waals surface area (Å²) in [6.45, 7) is 0.558. The second-order valence-corrected chi connectivity index (χ2v) is 4.11. The molecule has 0 saturated carbocycles. The second-order valence-electron chi connectivity index (χ2n) is 3.20. The zero-order valence-electron chi connectivity index (χ0n) is 8.70. The standard InChI is InChI=1S/C10H11BrN4O/c1-16-6-9-2-8(5-12-9)15-10-13-3-7(11)4-14-10/h2-5,12H,6H2,1H3,(H,13,14,15). The lowest BCUT2D eigenvalue weighted by Gasteiger charge is -2.00. The van der Waals surface area contributed by atoms with Gasteiger partial charge in [0.05, 0.1) is 16.8 Å². The third-order valence-electron chi connectivity index (χ3n) is 1.92. The van der Waals surface area contributed by atoms with Crippen LogP contribution in [0.4, 0.5) is 11.6 Å².